The van der Waals surface area contributed by atoms with Gasteiger partial charge < -0.3 is 14.4 Å². The summed E-state index contributed by atoms with van der Waals surface area (Å²) in [6.07, 6.45) is 0.221. The molecule has 1 heterocycles. The van der Waals surface area contributed by atoms with Crippen LogP contribution in [0.5, 0.6) is 5.75 Å². The van der Waals surface area contributed by atoms with Crippen molar-refractivity contribution in [3.8, 4) is 5.75 Å². The van der Waals surface area contributed by atoms with Gasteiger partial charge >= 0.3 is 6.09 Å². The third-order valence-corrected chi connectivity index (χ3v) is 3.82. The fourth-order valence-corrected chi connectivity index (χ4v) is 2.71. The SMILES string of the molecule is CC(C)(C)OC(=O)N1CC(COc2c(F)cc(C=O)cc2Br)C1. The number of amides is 1. The van der Waals surface area contributed by atoms with Crippen molar-refractivity contribution in [2.45, 2.75) is 26.4 Å². The second-order valence-corrected chi connectivity index (χ2v) is 7.35. The monoisotopic (exact) mass is 387 g/mol. The van der Waals surface area contributed by atoms with E-state index in [-0.39, 0.29) is 29.9 Å². The van der Waals surface area contributed by atoms with E-state index in [4.69, 9.17) is 9.47 Å². The Labute approximate surface area is 142 Å². The van der Waals surface area contributed by atoms with Crippen molar-refractivity contribution >= 4 is 28.3 Å². The minimum absolute atomic E-state index is 0.0753. The molecule has 1 aliphatic heterocycles. The normalized spacial score (nSPS) is 15.1. The topological polar surface area (TPSA) is 55.8 Å². The van der Waals surface area contributed by atoms with Crippen LogP contribution in [0.3, 0.4) is 0 Å². The number of carbonyl (C=O) groups excluding carboxylic acids is 2. The standard InChI is InChI=1S/C16H19BrFNO4/c1-16(2,3)23-15(21)19-6-11(7-19)9-22-14-12(17)4-10(8-20)5-13(14)18/h4-5,8,11H,6-7,9H2,1-3H3. The van der Waals surface area contributed by atoms with E-state index >= 15 is 0 Å². The Hall–Kier alpha value is -1.63. The first kappa shape index (κ1) is 17.7. The van der Waals surface area contributed by atoms with Gasteiger partial charge in [-0.1, -0.05) is 0 Å². The molecule has 0 aliphatic carbocycles. The molecule has 2 rings (SSSR count). The van der Waals surface area contributed by atoms with Crippen LogP contribution in [0.4, 0.5) is 9.18 Å². The Morgan fingerprint density at radius 1 is 1.43 bits per heavy atom. The minimum atomic E-state index is -0.593. The summed E-state index contributed by atoms with van der Waals surface area (Å²) in [7, 11) is 0. The van der Waals surface area contributed by atoms with E-state index < -0.39 is 11.4 Å². The van der Waals surface area contributed by atoms with Crippen LogP contribution in [0.2, 0.25) is 0 Å². The Morgan fingerprint density at radius 3 is 2.61 bits per heavy atom. The number of aldehydes is 1. The summed E-state index contributed by atoms with van der Waals surface area (Å²) in [6.45, 7) is 6.76. The zero-order chi connectivity index (χ0) is 17.2. The van der Waals surface area contributed by atoms with E-state index in [0.29, 0.717) is 23.8 Å². The van der Waals surface area contributed by atoms with Crippen LogP contribution < -0.4 is 4.74 Å². The van der Waals surface area contributed by atoms with Gasteiger partial charge in [-0.25, -0.2) is 9.18 Å². The average Bonchev–Trinajstić information content (AvgIpc) is 2.36. The highest BCUT2D eigenvalue weighted by atomic mass is 79.9. The van der Waals surface area contributed by atoms with Crippen molar-refractivity contribution in [3.63, 3.8) is 0 Å². The van der Waals surface area contributed by atoms with E-state index in [2.05, 4.69) is 15.9 Å². The zero-order valence-corrected chi connectivity index (χ0v) is 14.9. The van der Waals surface area contributed by atoms with E-state index in [1.165, 1.54) is 6.07 Å². The lowest BCUT2D eigenvalue weighted by atomic mass is 10.0. The maximum Gasteiger partial charge on any atom is 0.410 e. The van der Waals surface area contributed by atoms with E-state index in [1.807, 2.05) is 20.8 Å². The van der Waals surface area contributed by atoms with Gasteiger partial charge in [-0.05, 0) is 48.8 Å². The van der Waals surface area contributed by atoms with Crippen LogP contribution in [-0.2, 0) is 4.74 Å². The molecule has 1 amide bonds. The molecule has 0 unspecified atom stereocenters. The quantitative estimate of drug-likeness (QED) is 0.739. The Kier molecular flexibility index (Phi) is 5.29. The van der Waals surface area contributed by atoms with E-state index in [0.717, 1.165) is 6.07 Å². The highest BCUT2D eigenvalue weighted by molar-refractivity contribution is 9.10. The third-order valence-electron chi connectivity index (χ3n) is 3.23. The number of ether oxygens (including phenoxy) is 2. The fourth-order valence-electron chi connectivity index (χ4n) is 2.14. The molecule has 23 heavy (non-hydrogen) atoms. The van der Waals surface area contributed by atoms with Crippen LogP contribution >= 0.6 is 15.9 Å². The highest BCUT2D eigenvalue weighted by Crippen LogP contribution is 2.30. The average molecular weight is 388 g/mol. The summed E-state index contributed by atoms with van der Waals surface area (Å²) in [6, 6.07) is 2.63. The molecule has 0 saturated carbocycles. The highest BCUT2D eigenvalue weighted by Gasteiger charge is 2.34. The molecule has 1 aliphatic rings. The second kappa shape index (κ2) is 6.86. The van der Waals surface area contributed by atoms with Crippen molar-refractivity contribution in [3.05, 3.63) is 28.0 Å². The molecular formula is C16H19BrFNO4. The maximum atomic E-state index is 13.9. The summed E-state index contributed by atoms with van der Waals surface area (Å²) < 4.78 is 25.0. The molecule has 1 aromatic carbocycles. The van der Waals surface area contributed by atoms with Gasteiger partial charge in [0.25, 0.3) is 0 Å². The number of rotatable bonds is 4. The molecule has 1 fully saturated rings. The van der Waals surface area contributed by atoms with Crippen molar-refractivity contribution < 1.29 is 23.5 Å². The number of benzene rings is 1. The molecule has 0 spiro atoms. The number of carbonyl (C=O) groups is 2. The van der Waals surface area contributed by atoms with E-state index in [9.17, 15) is 14.0 Å². The predicted octanol–water partition coefficient (Wildman–Crippen LogP) is 3.65. The predicted molar refractivity (Wildman–Crippen MR) is 86.3 cm³/mol. The largest absolute Gasteiger partial charge is 0.489 e. The zero-order valence-electron chi connectivity index (χ0n) is 13.3. The molecular weight excluding hydrogens is 369 g/mol. The summed E-state index contributed by atoms with van der Waals surface area (Å²) in [5.74, 6) is -0.393. The molecule has 1 aromatic rings. The molecule has 1 saturated heterocycles. The lowest BCUT2D eigenvalue weighted by molar-refractivity contribution is -0.00810. The lowest BCUT2D eigenvalue weighted by Gasteiger charge is -2.39. The van der Waals surface area contributed by atoms with Gasteiger partial charge in [0, 0.05) is 24.6 Å². The third kappa shape index (κ3) is 4.67. The molecule has 0 N–H and O–H groups in total. The molecule has 0 bridgehead atoms. The second-order valence-electron chi connectivity index (χ2n) is 6.49. The summed E-state index contributed by atoms with van der Waals surface area (Å²) >= 11 is 3.19. The number of hydrogen-bond acceptors (Lipinski definition) is 4. The number of nitrogens with zero attached hydrogens (tertiary/aromatic N) is 1. The molecule has 0 aromatic heterocycles. The lowest BCUT2D eigenvalue weighted by Crippen LogP contribution is -2.53. The summed E-state index contributed by atoms with van der Waals surface area (Å²) in [5.41, 5.74) is -0.283. The fraction of sp³-hybridized carbons (Fsp3) is 0.500. The number of halogens is 2. The summed E-state index contributed by atoms with van der Waals surface area (Å²) in [4.78, 5) is 24.1. The van der Waals surface area contributed by atoms with Crippen molar-refractivity contribution in [1.82, 2.24) is 4.90 Å². The van der Waals surface area contributed by atoms with Gasteiger partial charge in [0.15, 0.2) is 11.6 Å². The van der Waals surface area contributed by atoms with Crippen molar-refractivity contribution in [1.29, 1.82) is 0 Å². The van der Waals surface area contributed by atoms with Gasteiger partial charge in [-0.3, -0.25) is 4.79 Å². The molecule has 7 heteroatoms. The molecule has 0 radical (unpaired) electrons. The van der Waals surface area contributed by atoms with Crippen LogP contribution in [0.15, 0.2) is 16.6 Å². The molecule has 5 nitrogen and oxygen atoms in total. The minimum Gasteiger partial charge on any atom is -0.489 e. The first-order valence-electron chi connectivity index (χ1n) is 7.24. The van der Waals surface area contributed by atoms with Crippen LogP contribution in [-0.4, -0.2) is 42.6 Å². The van der Waals surface area contributed by atoms with Crippen LogP contribution in [0.1, 0.15) is 31.1 Å². The number of hydrogen-bond donors (Lipinski definition) is 0. The van der Waals surface area contributed by atoms with Gasteiger partial charge in [0.1, 0.15) is 11.9 Å². The Bertz CT molecular complexity index is 586. The molecule has 0 atom stereocenters. The van der Waals surface area contributed by atoms with Crippen molar-refractivity contribution in [2.75, 3.05) is 19.7 Å². The van der Waals surface area contributed by atoms with Crippen LogP contribution in [0.25, 0.3) is 0 Å². The number of likely N-dealkylation sites (tertiary alicyclic amines) is 1. The Morgan fingerprint density at radius 2 is 2.09 bits per heavy atom. The van der Waals surface area contributed by atoms with Crippen LogP contribution in [0, 0.1) is 11.7 Å². The maximum absolute atomic E-state index is 13.9. The molecule has 126 valence electrons. The summed E-state index contributed by atoms with van der Waals surface area (Å²) in [5, 5.41) is 0. The van der Waals surface area contributed by atoms with Gasteiger partial charge in [-0.2, -0.15) is 0 Å². The van der Waals surface area contributed by atoms with Gasteiger partial charge in [0.05, 0.1) is 11.1 Å². The smallest absolute Gasteiger partial charge is 0.410 e. The van der Waals surface area contributed by atoms with Gasteiger partial charge in [-0.15, -0.1) is 0 Å². The van der Waals surface area contributed by atoms with Crippen molar-refractivity contribution in [2.24, 2.45) is 5.92 Å². The van der Waals surface area contributed by atoms with Gasteiger partial charge in [0.2, 0.25) is 0 Å². The first-order valence-corrected chi connectivity index (χ1v) is 8.04. The first-order chi connectivity index (χ1) is 10.7. The van der Waals surface area contributed by atoms with E-state index in [1.54, 1.807) is 4.90 Å². The Balaban J connectivity index is 1.83.